The topological polar surface area (TPSA) is 65.1 Å². The van der Waals surface area contributed by atoms with Crippen molar-refractivity contribution in [2.75, 3.05) is 46.4 Å². The van der Waals surface area contributed by atoms with Crippen LogP contribution in [0.5, 0.6) is 0 Å². The van der Waals surface area contributed by atoms with Crippen molar-refractivity contribution >= 4 is 11.9 Å². The van der Waals surface area contributed by atoms with Gasteiger partial charge in [0.2, 0.25) is 0 Å². The monoisotopic (exact) mass is 573 g/mol. The van der Waals surface area contributed by atoms with E-state index < -0.39 is 0 Å². The van der Waals surface area contributed by atoms with Crippen molar-refractivity contribution < 1.29 is 28.3 Å². The molecule has 10 atom stereocenters. The third-order valence-electron chi connectivity index (χ3n) is 13.6. The fourth-order valence-electron chi connectivity index (χ4n) is 11.4. The van der Waals surface area contributed by atoms with Gasteiger partial charge in [-0.25, -0.2) is 0 Å². The molecule has 0 aromatic carbocycles. The zero-order chi connectivity index (χ0) is 29.0. The van der Waals surface area contributed by atoms with Crippen LogP contribution in [0.1, 0.15) is 98.3 Å². The maximum Gasteiger partial charge on any atom is 0.306 e. The summed E-state index contributed by atoms with van der Waals surface area (Å²) in [6.07, 6.45) is 12.6. The van der Waals surface area contributed by atoms with Crippen LogP contribution < -0.4 is 0 Å². The van der Waals surface area contributed by atoms with Crippen molar-refractivity contribution in [1.29, 1.82) is 0 Å². The SMILES string of the molecule is CCC(=O)O[C@H]1[C@@H]([N+]2(C)CCCCC2)C[C@H]2[C@@H]3CC[C@H]4C[C@H](OC(C)=O)[C@@H](N5CCOCC5)C[C@]4(C)[C@H]3CC[C@@]21C. The van der Waals surface area contributed by atoms with Crippen molar-refractivity contribution in [2.45, 2.75) is 123 Å². The minimum absolute atomic E-state index is 0.00803. The Morgan fingerprint density at radius 3 is 2.37 bits per heavy atom. The maximum atomic E-state index is 12.9. The number of piperidine rings is 1. The number of esters is 2. The summed E-state index contributed by atoms with van der Waals surface area (Å²) >= 11 is 0. The van der Waals surface area contributed by atoms with Crippen molar-refractivity contribution in [3.8, 4) is 0 Å². The predicted molar refractivity (Wildman–Crippen MR) is 158 cm³/mol. The molecule has 6 aliphatic rings. The number of nitrogens with zero attached hydrogens (tertiary/aromatic N) is 2. The van der Waals surface area contributed by atoms with E-state index in [-0.39, 0.29) is 41.0 Å². The molecule has 0 spiro atoms. The van der Waals surface area contributed by atoms with Crippen molar-refractivity contribution in [2.24, 2.45) is 34.5 Å². The number of quaternary nitrogens is 1. The molecule has 41 heavy (non-hydrogen) atoms. The van der Waals surface area contributed by atoms with Crippen LogP contribution in [0.15, 0.2) is 0 Å². The number of carbonyl (C=O) groups excluding carboxylic acids is 2. The standard InChI is InChI=1S/C34H57N2O5/c1-6-31(38)41-32-29(36(5)16-8-7-9-17-36)21-27-25-11-10-24-20-30(40-23(2)37)28(35-14-18-39-19-15-35)22-34(24,4)26(25)12-13-33(27,32)3/h24-30,32H,6-22H2,1-5H3/q+1/t24-,25+,26-,27-,28-,29-,30-,32-,33-,34-/m0/s1. The van der Waals surface area contributed by atoms with Gasteiger partial charge in [-0.2, -0.15) is 0 Å². The molecule has 7 nitrogen and oxygen atoms in total. The highest BCUT2D eigenvalue weighted by Crippen LogP contribution is 2.67. The molecule has 2 aliphatic heterocycles. The fraction of sp³-hybridized carbons (Fsp3) is 0.941. The van der Waals surface area contributed by atoms with Gasteiger partial charge in [0.1, 0.15) is 12.1 Å². The average Bonchev–Trinajstić information content (AvgIpc) is 3.26. The van der Waals surface area contributed by atoms with E-state index in [0.717, 1.165) is 50.0 Å². The number of rotatable bonds is 5. The minimum Gasteiger partial charge on any atom is -0.461 e. The van der Waals surface area contributed by atoms with Gasteiger partial charge in [0.15, 0.2) is 6.10 Å². The number of fused-ring (bicyclic) bond motifs is 5. The highest BCUT2D eigenvalue weighted by atomic mass is 16.5. The zero-order valence-corrected chi connectivity index (χ0v) is 26.6. The zero-order valence-electron chi connectivity index (χ0n) is 26.6. The quantitative estimate of drug-likeness (QED) is 0.333. The molecule has 7 heteroatoms. The van der Waals surface area contributed by atoms with Crippen LogP contribution >= 0.6 is 0 Å². The van der Waals surface area contributed by atoms with Gasteiger partial charge in [0.05, 0.1) is 33.4 Å². The minimum atomic E-state index is -0.141. The Bertz CT molecular complexity index is 976. The molecule has 6 fully saturated rings. The van der Waals surface area contributed by atoms with E-state index in [9.17, 15) is 9.59 Å². The lowest BCUT2D eigenvalue weighted by molar-refractivity contribution is -0.940. The molecule has 0 aromatic rings. The summed E-state index contributed by atoms with van der Waals surface area (Å²) in [5, 5.41) is 0. The van der Waals surface area contributed by atoms with Crippen LogP contribution in [0.4, 0.5) is 0 Å². The van der Waals surface area contributed by atoms with Gasteiger partial charge in [-0.1, -0.05) is 20.8 Å². The normalized spacial score (nSPS) is 46.1. The summed E-state index contributed by atoms with van der Waals surface area (Å²) in [5.74, 6) is 2.44. The van der Waals surface area contributed by atoms with E-state index in [2.05, 4.69) is 25.8 Å². The molecule has 4 aliphatic carbocycles. The third kappa shape index (κ3) is 5.18. The smallest absolute Gasteiger partial charge is 0.306 e. The summed E-state index contributed by atoms with van der Waals surface area (Å²) in [7, 11) is 2.47. The number of ether oxygens (including phenoxy) is 3. The molecular weight excluding hydrogens is 516 g/mol. The first kappa shape index (κ1) is 29.9. The molecule has 2 saturated heterocycles. The second kappa shape index (κ2) is 11.4. The van der Waals surface area contributed by atoms with E-state index in [4.69, 9.17) is 14.2 Å². The van der Waals surface area contributed by atoms with Crippen LogP contribution in [0.25, 0.3) is 0 Å². The Balaban J connectivity index is 1.29. The van der Waals surface area contributed by atoms with Gasteiger partial charge < -0.3 is 18.7 Å². The Morgan fingerprint density at radius 2 is 1.68 bits per heavy atom. The van der Waals surface area contributed by atoms with Gasteiger partial charge in [0, 0.05) is 44.3 Å². The number of hydrogen-bond acceptors (Lipinski definition) is 6. The molecule has 0 radical (unpaired) electrons. The number of likely N-dealkylation sites (N-methyl/N-ethyl adjacent to an activating group) is 1. The predicted octanol–water partition coefficient (Wildman–Crippen LogP) is 5.20. The molecule has 0 aromatic heterocycles. The van der Waals surface area contributed by atoms with Gasteiger partial charge in [-0.15, -0.1) is 0 Å². The Kier molecular flexibility index (Phi) is 8.30. The first-order chi connectivity index (χ1) is 19.6. The molecule has 4 saturated carbocycles. The van der Waals surface area contributed by atoms with Gasteiger partial charge in [-0.3, -0.25) is 14.5 Å². The molecule has 2 heterocycles. The molecule has 6 rings (SSSR count). The van der Waals surface area contributed by atoms with Crippen LogP contribution in [0.2, 0.25) is 0 Å². The number of morpholine rings is 1. The highest BCUT2D eigenvalue weighted by molar-refractivity contribution is 5.69. The summed E-state index contributed by atoms with van der Waals surface area (Å²) in [6, 6.07) is 0.703. The molecule has 0 bridgehead atoms. The molecule has 0 amide bonds. The van der Waals surface area contributed by atoms with E-state index in [0.29, 0.717) is 36.1 Å². The number of likely N-dealkylation sites (tertiary alicyclic amines) is 1. The fourth-order valence-corrected chi connectivity index (χ4v) is 11.4. The first-order valence-corrected chi connectivity index (χ1v) is 17.1. The number of carbonyl (C=O) groups is 2. The van der Waals surface area contributed by atoms with Crippen molar-refractivity contribution in [3.63, 3.8) is 0 Å². The summed E-state index contributed by atoms with van der Waals surface area (Å²) in [5.41, 5.74) is 0.318. The van der Waals surface area contributed by atoms with Gasteiger partial charge in [0.25, 0.3) is 0 Å². The largest absolute Gasteiger partial charge is 0.461 e. The molecule has 232 valence electrons. The van der Waals surface area contributed by atoms with Crippen molar-refractivity contribution in [1.82, 2.24) is 4.90 Å². The van der Waals surface area contributed by atoms with Crippen LogP contribution in [-0.4, -0.2) is 92.1 Å². The lowest BCUT2D eigenvalue weighted by atomic mass is 9.44. The Morgan fingerprint density at radius 1 is 0.951 bits per heavy atom. The van der Waals surface area contributed by atoms with Crippen LogP contribution in [-0.2, 0) is 23.8 Å². The van der Waals surface area contributed by atoms with E-state index in [1.807, 2.05) is 6.92 Å². The second-order valence-corrected chi connectivity index (χ2v) is 15.6. The van der Waals surface area contributed by atoms with Crippen LogP contribution in [0, 0.1) is 34.5 Å². The molecule has 0 N–H and O–H groups in total. The Hall–Kier alpha value is -1.18. The third-order valence-corrected chi connectivity index (χ3v) is 13.6. The first-order valence-electron chi connectivity index (χ1n) is 17.1. The summed E-state index contributed by atoms with van der Waals surface area (Å²) in [4.78, 5) is 27.6. The van der Waals surface area contributed by atoms with E-state index in [1.54, 1.807) is 6.92 Å². The van der Waals surface area contributed by atoms with Gasteiger partial charge >= 0.3 is 11.9 Å². The summed E-state index contributed by atoms with van der Waals surface area (Å²) < 4.78 is 19.4. The summed E-state index contributed by atoms with van der Waals surface area (Å²) in [6.45, 7) is 14.5. The average molecular weight is 574 g/mol. The van der Waals surface area contributed by atoms with E-state index >= 15 is 0 Å². The number of hydrogen-bond donors (Lipinski definition) is 0. The lowest BCUT2D eigenvalue weighted by Crippen LogP contribution is -2.62. The van der Waals surface area contributed by atoms with Crippen molar-refractivity contribution in [3.05, 3.63) is 0 Å². The maximum absolute atomic E-state index is 12.9. The Labute approximate surface area is 248 Å². The van der Waals surface area contributed by atoms with E-state index in [1.165, 1.54) is 58.0 Å². The molecular formula is C34H57N2O5+. The lowest BCUT2D eigenvalue weighted by Gasteiger charge is -2.62. The second-order valence-electron chi connectivity index (χ2n) is 15.6. The molecule has 0 unspecified atom stereocenters. The van der Waals surface area contributed by atoms with Crippen LogP contribution in [0.3, 0.4) is 0 Å². The highest BCUT2D eigenvalue weighted by Gasteiger charge is 2.67. The van der Waals surface area contributed by atoms with Gasteiger partial charge in [-0.05, 0) is 86.9 Å².